The average molecular weight is 105 g/mol. The van der Waals surface area contributed by atoms with E-state index in [1.807, 2.05) is 0 Å². The molecule has 0 atom stereocenters. The Kier molecular flexibility index (Phi) is 2.95. The molecule has 1 fully saturated rings. The molecule has 1 rings (SSSR count). The zero-order valence-corrected chi connectivity index (χ0v) is 3.76. The molecule has 0 amide bonds. The van der Waals surface area contributed by atoms with Crippen molar-refractivity contribution < 1.29 is 10.3 Å². The van der Waals surface area contributed by atoms with Gasteiger partial charge in [-0.2, -0.15) is 0 Å². The molecule has 3 N–H and O–H groups in total. The lowest BCUT2D eigenvalue weighted by atomic mass is 11.0. The van der Waals surface area contributed by atoms with E-state index in [-0.39, 0.29) is 0 Å². The molecule has 0 aromatic rings. The topological polar surface area (TPSA) is 89.6 Å². The van der Waals surface area contributed by atoms with Gasteiger partial charge in [-0.15, -0.1) is 0 Å². The number of nitrogens with zero attached hydrogens (tertiary/aromatic N) is 1. The fraction of sp³-hybridized carbons (Fsp3) is 1.00. The second-order valence-corrected chi connectivity index (χ2v) is 1.12. The maximum Gasteiger partial charge on any atom is 0.125 e. The van der Waals surface area contributed by atoms with Gasteiger partial charge in [0.1, 0.15) is 13.1 Å². The summed E-state index contributed by atoms with van der Waals surface area (Å²) in [5.74, 6) is 0. The largest absolute Gasteiger partial charge is 0.588 e. The summed E-state index contributed by atoms with van der Waals surface area (Å²) in [6.07, 6.45) is 0. The Hall–Kier alpha value is -0.840. The molecule has 0 unspecified atom stereocenters. The SMILES string of the molecule is C1C[NH2+]1.N=[N+]([O-])[O-]. The predicted octanol–water partition coefficient (Wildman–Crippen LogP) is -1.41. The Morgan fingerprint density at radius 1 is 1.43 bits per heavy atom. The van der Waals surface area contributed by atoms with Crippen molar-refractivity contribution in [2.45, 2.75) is 0 Å². The Balaban J connectivity index is 0.000000105. The van der Waals surface area contributed by atoms with E-state index in [0.717, 1.165) is 0 Å². The van der Waals surface area contributed by atoms with Crippen LogP contribution in [-0.4, -0.2) is 18.1 Å². The number of nitrogens with one attached hydrogen (secondary N) is 1. The fourth-order valence-corrected chi connectivity index (χ4v) is 0. The van der Waals surface area contributed by atoms with Crippen molar-refractivity contribution in [2.75, 3.05) is 13.1 Å². The second kappa shape index (κ2) is 3.35. The molecular weight excluding hydrogens is 98.0 g/mol. The molecule has 1 heterocycles. The summed E-state index contributed by atoms with van der Waals surface area (Å²) in [4.78, 5) is 0. The first-order chi connectivity index (χ1) is 3.23. The van der Waals surface area contributed by atoms with Gasteiger partial charge in [0.05, 0.1) is 0 Å². The predicted molar refractivity (Wildman–Crippen MR) is 21.4 cm³/mol. The first-order valence-electron chi connectivity index (χ1n) is 1.91. The number of hydrogen-bond acceptors (Lipinski definition) is 3. The molecule has 0 bridgehead atoms. The van der Waals surface area contributed by atoms with Gasteiger partial charge >= 0.3 is 0 Å². The van der Waals surface area contributed by atoms with Gasteiger partial charge in [0.25, 0.3) is 0 Å². The van der Waals surface area contributed by atoms with Crippen molar-refractivity contribution in [1.29, 1.82) is 5.53 Å². The number of quaternary nitrogens is 1. The van der Waals surface area contributed by atoms with Crippen LogP contribution in [0.2, 0.25) is 0 Å². The van der Waals surface area contributed by atoms with Crippen LogP contribution >= 0.6 is 0 Å². The van der Waals surface area contributed by atoms with Gasteiger partial charge in [-0.05, 0) is 5.53 Å². The van der Waals surface area contributed by atoms with Crippen LogP contribution in [0.1, 0.15) is 0 Å². The summed E-state index contributed by atoms with van der Waals surface area (Å²) in [6, 6.07) is 0. The summed E-state index contributed by atoms with van der Waals surface area (Å²) in [5.41, 5.74) is 5.31. The van der Waals surface area contributed by atoms with E-state index < -0.39 is 5.02 Å². The monoisotopic (exact) mass is 105 g/mol. The van der Waals surface area contributed by atoms with E-state index in [4.69, 9.17) is 15.9 Å². The highest BCUT2D eigenvalue weighted by molar-refractivity contribution is 4.23. The summed E-state index contributed by atoms with van der Waals surface area (Å²) >= 11 is 0. The molecule has 0 aromatic carbocycles. The van der Waals surface area contributed by atoms with Crippen molar-refractivity contribution in [3.05, 3.63) is 10.4 Å². The summed E-state index contributed by atoms with van der Waals surface area (Å²) in [7, 11) is 0. The molecule has 1 aliphatic rings. The fourth-order valence-electron chi connectivity index (χ4n) is 0. The van der Waals surface area contributed by atoms with Crippen LogP contribution in [0, 0.1) is 15.9 Å². The Morgan fingerprint density at radius 3 is 1.57 bits per heavy atom. The van der Waals surface area contributed by atoms with Gasteiger partial charge in [0.15, 0.2) is 0 Å². The molecule has 5 heteroatoms. The second-order valence-electron chi connectivity index (χ2n) is 1.12. The summed E-state index contributed by atoms with van der Waals surface area (Å²) in [5, 5.41) is 17.9. The van der Waals surface area contributed by atoms with Crippen LogP contribution < -0.4 is 5.32 Å². The van der Waals surface area contributed by atoms with Crippen molar-refractivity contribution in [3.63, 3.8) is 0 Å². The lowest BCUT2D eigenvalue weighted by Gasteiger charge is -1.88. The van der Waals surface area contributed by atoms with E-state index in [1.165, 1.54) is 13.1 Å². The van der Waals surface area contributed by atoms with E-state index >= 15 is 0 Å². The van der Waals surface area contributed by atoms with Crippen molar-refractivity contribution in [2.24, 2.45) is 0 Å². The van der Waals surface area contributed by atoms with Gasteiger partial charge in [0.2, 0.25) is 0 Å². The molecule has 1 saturated heterocycles. The van der Waals surface area contributed by atoms with Gasteiger partial charge in [-0.1, -0.05) is 5.02 Å². The van der Waals surface area contributed by atoms with Gasteiger partial charge < -0.3 is 15.7 Å². The minimum atomic E-state index is -1.25. The highest BCUT2D eigenvalue weighted by Crippen LogP contribution is 1.45. The van der Waals surface area contributed by atoms with Crippen molar-refractivity contribution in [1.82, 2.24) is 0 Å². The molecular formula is C2H7N3O2. The minimum absolute atomic E-state index is 1.25. The number of nitrogens with two attached hydrogens (primary N) is 1. The molecule has 0 saturated carbocycles. The van der Waals surface area contributed by atoms with Gasteiger partial charge in [-0.3, -0.25) is 0 Å². The van der Waals surface area contributed by atoms with Gasteiger partial charge in [0, 0.05) is 0 Å². The number of hydrogen-bond donors (Lipinski definition) is 2. The third-order valence-electron chi connectivity index (χ3n) is 0.289. The van der Waals surface area contributed by atoms with E-state index in [9.17, 15) is 0 Å². The smallest absolute Gasteiger partial charge is 0.125 e. The normalized spacial score (nSPS) is 13.7. The molecule has 7 heavy (non-hydrogen) atoms. The molecule has 1 aliphatic heterocycles. The first kappa shape index (κ1) is 6.16. The first-order valence-corrected chi connectivity index (χ1v) is 1.91. The third-order valence-corrected chi connectivity index (χ3v) is 0.289. The van der Waals surface area contributed by atoms with Gasteiger partial charge in [-0.25, -0.2) is 0 Å². The van der Waals surface area contributed by atoms with Crippen LogP contribution in [0.5, 0.6) is 0 Å². The van der Waals surface area contributed by atoms with E-state index in [2.05, 4.69) is 5.32 Å². The van der Waals surface area contributed by atoms with E-state index in [0.29, 0.717) is 0 Å². The van der Waals surface area contributed by atoms with Crippen molar-refractivity contribution in [3.8, 4) is 0 Å². The molecule has 0 spiro atoms. The molecule has 0 aliphatic carbocycles. The maximum absolute atomic E-state index is 8.47. The molecule has 5 nitrogen and oxygen atoms in total. The van der Waals surface area contributed by atoms with Crippen LogP contribution in [-0.2, 0) is 0 Å². The standard InChI is InChI=1S/C2H5N.HN2O2/c1-2-3-1;1-2(3)4/h3H,1-2H2;(H-,1,3,4)/q;-1/p+1. The van der Waals surface area contributed by atoms with Crippen LogP contribution in [0.25, 0.3) is 0 Å². The van der Waals surface area contributed by atoms with Crippen LogP contribution in [0.3, 0.4) is 0 Å². The minimum Gasteiger partial charge on any atom is -0.588 e. The zero-order chi connectivity index (χ0) is 5.70. The summed E-state index contributed by atoms with van der Waals surface area (Å²) < 4.78 is 0. The highest BCUT2D eigenvalue weighted by atomic mass is 16.8. The quantitative estimate of drug-likeness (QED) is 0.225. The zero-order valence-electron chi connectivity index (χ0n) is 3.76. The Labute approximate surface area is 40.6 Å². The van der Waals surface area contributed by atoms with Crippen LogP contribution in [0.15, 0.2) is 0 Å². The lowest BCUT2D eigenvalue weighted by molar-refractivity contribution is -0.482. The highest BCUT2D eigenvalue weighted by Gasteiger charge is 1.99. The van der Waals surface area contributed by atoms with Crippen LogP contribution in [0.4, 0.5) is 0 Å². The molecule has 42 valence electrons. The molecule has 0 radical (unpaired) electrons. The lowest BCUT2D eigenvalue weighted by Crippen LogP contribution is -2.55. The van der Waals surface area contributed by atoms with E-state index in [1.54, 1.807) is 0 Å². The summed E-state index contributed by atoms with van der Waals surface area (Å²) in [6.45, 7) is 2.75. The van der Waals surface area contributed by atoms with Crippen molar-refractivity contribution >= 4 is 0 Å². The Morgan fingerprint density at radius 2 is 1.57 bits per heavy atom. The average Bonchev–Trinajstić information content (AvgIpc) is 2.02. The Bertz CT molecular complexity index is 55.2. The number of rotatable bonds is 0. The maximum atomic E-state index is 8.47. The third kappa shape index (κ3) is 2010. The molecule has 0 aromatic heterocycles.